The highest BCUT2D eigenvalue weighted by Gasteiger charge is 2.10. The second-order valence-electron chi connectivity index (χ2n) is 4.56. The topological polar surface area (TPSA) is 75.6 Å². The molecule has 0 saturated heterocycles. The zero-order valence-corrected chi connectivity index (χ0v) is 13.8. The first-order chi connectivity index (χ1) is 11.0. The van der Waals surface area contributed by atoms with Crippen molar-refractivity contribution in [2.24, 2.45) is 0 Å². The molecule has 0 fully saturated rings. The number of benzene rings is 2. The number of nitrogens with one attached hydrogen (secondary N) is 1. The van der Waals surface area contributed by atoms with Crippen LogP contribution in [0.2, 0.25) is 0 Å². The SMILES string of the molecule is COc1ccc(Br)cc1/C=C/C(=O)Nc1ccccc1C(=O)O. The van der Waals surface area contributed by atoms with Crippen LogP contribution < -0.4 is 10.1 Å². The van der Waals surface area contributed by atoms with Gasteiger partial charge in [-0.2, -0.15) is 0 Å². The van der Waals surface area contributed by atoms with E-state index < -0.39 is 11.9 Å². The number of carboxylic acids is 1. The number of methoxy groups -OCH3 is 1. The highest BCUT2D eigenvalue weighted by Crippen LogP contribution is 2.24. The molecule has 5 nitrogen and oxygen atoms in total. The molecular formula is C17H14BrNO4. The zero-order valence-electron chi connectivity index (χ0n) is 12.2. The van der Waals surface area contributed by atoms with Crippen molar-refractivity contribution >= 4 is 39.6 Å². The van der Waals surface area contributed by atoms with Crippen molar-refractivity contribution in [2.45, 2.75) is 0 Å². The highest BCUT2D eigenvalue weighted by atomic mass is 79.9. The highest BCUT2D eigenvalue weighted by molar-refractivity contribution is 9.10. The number of halogens is 1. The molecule has 23 heavy (non-hydrogen) atoms. The number of carbonyl (C=O) groups is 2. The van der Waals surface area contributed by atoms with Gasteiger partial charge in [-0.25, -0.2) is 4.79 Å². The second kappa shape index (κ2) is 7.60. The van der Waals surface area contributed by atoms with Crippen LogP contribution in [0.15, 0.2) is 53.0 Å². The Morgan fingerprint density at radius 3 is 2.65 bits per heavy atom. The van der Waals surface area contributed by atoms with E-state index in [0.717, 1.165) is 10.0 Å². The van der Waals surface area contributed by atoms with Crippen LogP contribution in [0.1, 0.15) is 15.9 Å². The van der Waals surface area contributed by atoms with Gasteiger partial charge in [0.15, 0.2) is 0 Å². The summed E-state index contributed by atoms with van der Waals surface area (Å²) in [6.45, 7) is 0. The Bertz CT molecular complexity index is 771. The number of hydrogen-bond donors (Lipinski definition) is 2. The molecule has 0 bridgehead atoms. The monoisotopic (exact) mass is 375 g/mol. The van der Waals surface area contributed by atoms with Crippen molar-refractivity contribution in [3.63, 3.8) is 0 Å². The molecule has 0 heterocycles. The maximum Gasteiger partial charge on any atom is 0.337 e. The molecule has 2 aromatic carbocycles. The molecule has 2 N–H and O–H groups in total. The van der Waals surface area contributed by atoms with E-state index in [1.54, 1.807) is 31.4 Å². The minimum absolute atomic E-state index is 0.0364. The number of aromatic carboxylic acids is 1. The lowest BCUT2D eigenvalue weighted by molar-refractivity contribution is -0.111. The van der Waals surface area contributed by atoms with Gasteiger partial charge >= 0.3 is 5.97 Å². The summed E-state index contributed by atoms with van der Waals surface area (Å²) in [7, 11) is 1.55. The van der Waals surface area contributed by atoms with Crippen LogP contribution in [0.3, 0.4) is 0 Å². The van der Waals surface area contributed by atoms with Gasteiger partial charge in [0, 0.05) is 16.1 Å². The predicted octanol–water partition coefficient (Wildman–Crippen LogP) is 3.81. The summed E-state index contributed by atoms with van der Waals surface area (Å²) in [6.07, 6.45) is 2.92. The summed E-state index contributed by atoms with van der Waals surface area (Å²) >= 11 is 3.36. The van der Waals surface area contributed by atoms with Crippen molar-refractivity contribution in [3.05, 3.63) is 64.1 Å². The van der Waals surface area contributed by atoms with Crippen LogP contribution in [-0.2, 0) is 4.79 Å². The Morgan fingerprint density at radius 1 is 1.22 bits per heavy atom. The molecule has 6 heteroatoms. The van der Waals surface area contributed by atoms with Gasteiger partial charge in [-0.3, -0.25) is 4.79 Å². The maximum atomic E-state index is 12.0. The van der Waals surface area contributed by atoms with Crippen molar-refractivity contribution in [1.29, 1.82) is 0 Å². The molecule has 0 aromatic heterocycles. The lowest BCUT2D eigenvalue weighted by atomic mass is 10.1. The summed E-state index contributed by atoms with van der Waals surface area (Å²) in [5.74, 6) is -0.901. The molecular weight excluding hydrogens is 362 g/mol. The van der Waals surface area contributed by atoms with E-state index in [1.165, 1.54) is 18.2 Å². The lowest BCUT2D eigenvalue weighted by Gasteiger charge is -2.07. The Hall–Kier alpha value is -2.60. The number of rotatable bonds is 5. The van der Waals surface area contributed by atoms with Crippen molar-refractivity contribution in [3.8, 4) is 5.75 Å². The molecule has 0 aliphatic heterocycles. The fourth-order valence-corrected chi connectivity index (χ4v) is 2.33. The number of anilines is 1. The van der Waals surface area contributed by atoms with Gasteiger partial charge in [-0.05, 0) is 36.4 Å². The van der Waals surface area contributed by atoms with Crippen molar-refractivity contribution < 1.29 is 19.4 Å². The van der Waals surface area contributed by atoms with E-state index in [2.05, 4.69) is 21.2 Å². The van der Waals surface area contributed by atoms with Gasteiger partial charge in [-0.1, -0.05) is 28.1 Å². The number of para-hydroxylation sites is 1. The Kier molecular flexibility index (Phi) is 5.54. The number of ether oxygens (including phenoxy) is 1. The van der Waals surface area contributed by atoms with Gasteiger partial charge in [-0.15, -0.1) is 0 Å². The molecule has 0 radical (unpaired) electrons. The third-order valence-electron chi connectivity index (χ3n) is 3.02. The largest absolute Gasteiger partial charge is 0.496 e. The molecule has 0 saturated carbocycles. The van der Waals surface area contributed by atoms with Crippen LogP contribution in [0.4, 0.5) is 5.69 Å². The second-order valence-corrected chi connectivity index (χ2v) is 5.48. The smallest absolute Gasteiger partial charge is 0.337 e. The molecule has 0 aliphatic carbocycles. The summed E-state index contributed by atoms with van der Waals surface area (Å²) in [5, 5.41) is 11.6. The van der Waals surface area contributed by atoms with Crippen LogP contribution in [0.5, 0.6) is 5.75 Å². The average Bonchev–Trinajstić information content (AvgIpc) is 2.53. The molecule has 0 spiro atoms. The number of carbonyl (C=O) groups excluding carboxylic acids is 1. The minimum Gasteiger partial charge on any atom is -0.496 e. The molecule has 2 rings (SSSR count). The first-order valence-corrected chi connectivity index (χ1v) is 7.45. The molecule has 0 unspecified atom stereocenters. The van der Waals surface area contributed by atoms with Gasteiger partial charge in [0.1, 0.15) is 5.75 Å². The maximum absolute atomic E-state index is 12.0. The Labute approximate surface area is 141 Å². The van der Waals surface area contributed by atoms with E-state index in [4.69, 9.17) is 9.84 Å². The van der Waals surface area contributed by atoms with Crippen LogP contribution in [0.25, 0.3) is 6.08 Å². The first-order valence-electron chi connectivity index (χ1n) is 6.66. The quantitative estimate of drug-likeness (QED) is 0.779. The average molecular weight is 376 g/mol. The van der Waals surface area contributed by atoms with Gasteiger partial charge in [0.25, 0.3) is 0 Å². The van der Waals surface area contributed by atoms with Crippen molar-refractivity contribution in [2.75, 3.05) is 12.4 Å². The summed E-state index contributed by atoms with van der Waals surface area (Å²) in [6, 6.07) is 11.6. The van der Waals surface area contributed by atoms with Gasteiger partial charge in [0.05, 0.1) is 18.4 Å². The van der Waals surface area contributed by atoms with Gasteiger partial charge < -0.3 is 15.2 Å². The number of hydrogen-bond acceptors (Lipinski definition) is 3. The normalized spacial score (nSPS) is 10.5. The molecule has 0 atom stereocenters. The summed E-state index contributed by atoms with van der Waals surface area (Å²) < 4.78 is 6.08. The van der Waals surface area contributed by atoms with Crippen LogP contribution in [-0.4, -0.2) is 24.1 Å². The first kappa shape index (κ1) is 16.8. The summed E-state index contributed by atoms with van der Waals surface area (Å²) in [5.41, 5.74) is 1.01. The Morgan fingerprint density at radius 2 is 1.96 bits per heavy atom. The minimum atomic E-state index is -1.10. The molecule has 118 valence electrons. The van der Waals surface area contributed by atoms with E-state index in [9.17, 15) is 9.59 Å². The fourth-order valence-electron chi connectivity index (χ4n) is 1.95. The molecule has 0 aliphatic rings. The van der Waals surface area contributed by atoms with E-state index in [-0.39, 0.29) is 11.3 Å². The Balaban J connectivity index is 2.17. The van der Waals surface area contributed by atoms with Gasteiger partial charge in [0.2, 0.25) is 5.91 Å². The number of amides is 1. The van der Waals surface area contributed by atoms with Crippen molar-refractivity contribution in [1.82, 2.24) is 0 Å². The van der Waals surface area contributed by atoms with E-state index in [1.807, 2.05) is 12.1 Å². The third-order valence-corrected chi connectivity index (χ3v) is 3.51. The van der Waals surface area contributed by atoms with Crippen LogP contribution >= 0.6 is 15.9 Å². The number of carboxylic acid groups (broad SMARTS) is 1. The van der Waals surface area contributed by atoms with Crippen LogP contribution in [0, 0.1) is 0 Å². The lowest BCUT2D eigenvalue weighted by Crippen LogP contribution is -2.11. The molecule has 2 aromatic rings. The van der Waals surface area contributed by atoms with E-state index >= 15 is 0 Å². The summed E-state index contributed by atoms with van der Waals surface area (Å²) in [4.78, 5) is 23.1. The standard InChI is InChI=1S/C17H14BrNO4/c1-23-15-8-7-12(18)10-11(15)6-9-16(20)19-14-5-3-2-4-13(14)17(21)22/h2-10H,1H3,(H,19,20)(H,21,22)/b9-6+. The zero-order chi connectivity index (χ0) is 16.8. The third kappa shape index (κ3) is 4.43. The molecule has 1 amide bonds. The predicted molar refractivity (Wildman–Crippen MR) is 91.8 cm³/mol. The van der Waals surface area contributed by atoms with E-state index in [0.29, 0.717) is 5.75 Å². The fraction of sp³-hybridized carbons (Fsp3) is 0.0588.